The Bertz CT molecular complexity index is 4810. The van der Waals surface area contributed by atoms with Gasteiger partial charge in [-0.3, -0.25) is 14.3 Å². The number of aryl methyl sites for hydroxylation is 1. The van der Waals surface area contributed by atoms with Crippen LogP contribution in [0.2, 0.25) is 25.1 Å². The number of nitrogen functional groups attached to an aromatic ring is 1. The molecule has 0 saturated carbocycles. The zero-order valence-corrected chi connectivity index (χ0v) is 69.7. The molecular weight excluding hydrogens is 1560 g/mol. The van der Waals surface area contributed by atoms with Gasteiger partial charge in [0, 0.05) is 77.4 Å². The van der Waals surface area contributed by atoms with Crippen molar-refractivity contribution >= 4 is 155 Å². The maximum absolute atomic E-state index is 11.0. The number of fused-ring (bicyclic) bond motifs is 6. The SMILES string of the molecule is CC(C)N=C(N)N=C(N)Nc1ccc(Cl)cc1.CCN(CC)CCCC(C)Nc1c2ccc(Cl)cc2nc2ccc(OC)cc12.CC[C@H]1O[C@@H](n2cnc(C(N)=O)c2O)[C@H](O)[C@@H]1O.CN(C)CCCN1c2cc(Cl)ccc2SC2C=CC=CC21.NC(N)=N/N=C/c1c(Cl)cccc1Cl.Nc1c2c(nc3ccccc13)CCCC2. The van der Waals surface area contributed by atoms with Crippen molar-refractivity contribution in [3.8, 4) is 11.6 Å². The second kappa shape index (κ2) is 43.9. The molecule has 17 N–H and O–H groups in total. The maximum Gasteiger partial charge on any atom is 0.272 e. The van der Waals surface area contributed by atoms with E-state index in [0.717, 1.165) is 130 Å². The van der Waals surface area contributed by atoms with Crippen molar-refractivity contribution in [1.82, 2.24) is 29.3 Å². The van der Waals surface area contributed by atoms with Crippen molar-refractivity contribution in [2.45, 2.75) is 146 Å². The first-order valence-corrected chi connectivity index (χ1v) is 40.2. The van der Waals surface area contributed by atoms with Crippen molar-refractivity contribution in [1.29, 1.82) is 0 Å². The number of imidazole rings is 1. The number of aromatic hydroxyl groups is 1. The number of aromatic nitrogens is 4. The number of thioether (sulfide) groups is 1. The third-order valence-electron chi connectivity index (χ3n) is 18.6. The smallest absolute Gasteiger partial charge is 0.272 e. The predicted molar refractivity (Wildman–Crippen MR) is 469 cm³/mol. The fraction of sp³-hybridized carbons (Fsp3) is 0.366. The van der Waals surface area contributed by atoms with Gasteiger partial charge in [0.05, 0.1) is 68.7 Å². The summed E-state index contributed by atoms with van der Waals surface area (Å²) in [5.41, 5.74) is 42.4. The highest BCUT2D eigenvalue weighted by atomic mass is 35.5. The van der Waals surface area contributed by atoms with Crippen molar-refractivity contribution in [3.05, 3.63) is 200 Å². The van der Waals surface area contributed by atoms with E-state index in [4.69, 9.17) is 112 Å². The number of allylic oxidation sites excluding steroid dienone is 2. The number of carbonyl (C=O) groups excluding carboxylic acids is 1. The molecule has 9 aromatic rings. The topological polar surface area (TPSA) is 379 Å². The predicted octanol–water partition coefficient (Wildman–Crippen LogP) is 14.8. The summed E-state index contributed by atoms with van der Waals surface area (Å²) in [6.45, 7) is 17.8. The normalized spacial score (nSPS) is 17.8. The van der Waals surface area contributed by atoms with Gasteiger partial charge >= 0.3 is 0 Å². The fourth-order valence-electron chi connectivity index (χ4n) is 12.9. The van der Waals surface area contributed by atoms with Crippen molar-refractivity contribution in [3.63, 3.8) is 0 Å². The minimum absolute atomic E-state index is 0.0853. The van der Waals surface area contributed by atoms with Gasteiger partial charge in [-0.1, -0.05) is 127 Å². The van der Waals surface area contributed by atoms with Gasteiger partial charge in [-0.25, -0.2) is 15.0 Å². The number of nitrogens with one attached hydrogen (secondary N) is 2. The molecule has 13 rings (SSSR count). The van der Waals surface area contributed by atoms with Crippen LogP contribution in [0.3, 0.4) is 0 Å². The third-order valence-corrected chi connectivity index (χ3v) is 21.3. The van der Waals surface area contributed by atoms with Crippen LogP contribution in [0, 0.1) is 0 Å². The van der Waals surface area contributed by atoms with Crippen LogP contribution < -0.4 is 54.7 Å². The number of aliphatic imine (C=N–C) groups is 2. The Morgan fingerprint density at radius 3 is 2.12 bits per heavy atom. The van der Waals surface area contributed by atoms with Crippen LogP contribution in [0.1, 0.15) is 114 Å². The molecular formula is C82H104Cl5N19O6S. The largest absolute Gasteiger partial charge is 0.497 e. The molecule has 3 aromatic heterocycles. The number of benzene rings is 6. The van der Waals surface area contributed by atoms with Crippen LogP contribution in [0.25, 0.3) is 32.7 Å². The second-order valence-electron chi connectivity index (χ2n) is 27.5. The second-order valence-corrected chi connectivity index (χ2v) is 30.8. The Balaban J connectivity index is 0.000000173. The molecule has 604 valence electrons. The lowest BCUT2D eigenvalue weighted by molar-refractivity contribution is -0.0409. The highest BCUT2D eigenvalue weighted by molar-refractivity contribution is 8.00. The lowest BCUT2D eigenvalue weighted by Gasteiger charge is -2.42. The Kier molecular flexibility index (Phi) is 34.7. The number of aliphatic hydroxyl groups excluding tert-OH is 2. The first kappa shape index (κ1) is 89.4. The summed E-state index contributed by atoms with van der Waals surface area (Å²) in [7, 11) is 5.95. The van der Waals surface area contributed by atoms with Crippen LogP contribution in [0.4, 0.5) is 22.7 Å². The standard InChI is InChI=1S/C23H30ClN3O.C17H21ClN2S.C13H14N2.C11H16ClN5.C10H15N3O5.C8H8Cl2N4/c1-5-27(6-2)13-7-8-16(3)25-23-19-11-9-17(24)14-22(19)26-21-12-10-18(28-4)15-20(21)23;1-19(2)10-5-11-20-14-6-3-4-7-16(14)21-17-9-8-13(18)12-15(17)20;14-13-9-5-1-3-7-11(9)15-12-8-4-2-6-10(12)13;1-7(2)15-10(13)17-11(14)16-9-5-3-8(12)4-6-9;1-2-4-6(14)7(15)10(18-4)13-3-12-5(8(11)16)9(13)17;9-6-2-1-3-7(10)5(6)4-13-14-8(11)12/h9-12,14-16H,5-8,13H2,1-4H3,(H,25,26);3-4,6-9,12,14,16H,5,10-11H2,1-2H3;1,3,5,7H,2,4,6,8H2,(H2,14,15);3-7H,1-2H3,(H5,13,14,15,16,17);3-4,6-7,10,14-15,17H,2H2,1H3,(H2,11,16);1-4H,(H4,11,12,14)/b;;;;;13-4+/t;;;;4-,6-,7-,10-;/m....1./s1. The quantitative estimate of drug-likeness (QED) is 0.0146. The van der Waals surface area contributed by atoms with E-state index < -0.39 is 36.3 Å². The number of amides is 1. The number of nitrogens with two attached hydrogens (primary N) is 6. The molecule has 7 atom stereocenters. The number of hydrogen-bond acceptors (Lipinski definition) is 18. The van der Waals surface area contributed by atoms with Crippen LogP contribution in [0.5, 0.6) is 11.6 Å². The molecule has 1 saturated heterocycles. The average molecular weight is 1660 g/mol. The first-order valence-electron chi connectivity index (χ1n) is 37.4. The minimum Gasteiger partial charge on any atom is -0.497 e. The number of guanidine groups is 3. The third kappa shape index (κ3) is 25.7. The number of anilines is 4. The van der Waals surface area contributed by atoms with E-state index in [-0.39, 0.29) is 29.6 Å². The number of rotatable bonds is 20. The van der Waals surface area contributed by atoms with E-state index in [1.807, 2.05) is 74.1 Å². The molecule has 113 heavy (non-hydrogen) atoms. The number of ether oxygens (including phenoxy) is 2. The molecule has 2 aliphatic carbocycles. The highest BCUT2D eigenvalue weighted by Crippen LogP contribution is 2.45. The van der Waals surface area contributed by atoms with Crippen LogP contribution in [-0.4, -0.2) is 170 Å². The van der Waals surface area contributed by atoms with Gasteiger partial charge in [0.2, 0.25) is 23.8 Å². The van der Waals surface area contributed by atoms with Gasteiger partial charge in [0.1, 0.15) is 24.3 Å². The van der Waals surface area contributed by atoms with E-state index in [9.17, 15) is 20.1 Å². The molecule has 4 aliphatic rings. The van der Waals surface area contributed by atoms with E-state index in [2.05, 4.69) is 140 Å². The number of methoxy groups -OCH3 is 1. The Morgan fingerprint density at radius 2 is 1.45 bits per heavy atom. The van der Waals surface area contributed by atoms with Crippen LogP contribution in [0.15, 0.2) is 177 Å². The molecule has 6 aromatic carbocycles. The summed E-state index contributed by atoms with van der Waals surface area (Å²) in [4.78, 5) is 40.6. The zero-order chi connectivity index (χ0) is 82.0. The molecule has 31 heteroatoms. The number of aliphatic hydroxyl groups is 2. The summed E-state index contributed by atoms with van der Waals surface area (Å²) in [5, 5.41) is 49.9. The Morgan fingerprint density at radius 1 is 0.770 bits per heavy atom. The summed E-state index contributed by atoms with van der Waals surface area (Å²) in [6, 6.07) is 39.4. The molecule has 2 aliphatic heterocycles. The molecule has 1 fully saturated rings. The van der Waals surface area contributed by atoms with Gasteiger partial charge in [-0.15, -0.1) is 16.9 Å². The molecule has 1 amide bonds. The van der Waals surface area contributed by atoms with Crippen LogP contribution in [-0.2, 0) is 17.6 Å². The molecule has 5 heterocycles. The summed E-state index contributed by atoms with van der Waals surface area (Å²) >= 11 is 31.9. The van der Waals surface area contributed by atoms with E-state index in [1.54, 1.807) is 56.5 Å². The number of carbonyl (C=O) groups is 1. The van der Waals surface area contributed by atoms with Crippen molar-refractivity contribution in [2.24, 2.45) is 48.9 Å². The molecule has 25 nitrogen and oxygen atoms in total. The number of nitrogens with zero attached hydrogens (tertiary/aromatic N) is 11. The summed E-state index contributed by atoms with van der Waals surface area (Å²) in [5.74, 6) is -0.320. The Hall–Kier alpha value is -9.16. The van der Waals surface area contributed by atoms with Gasteiger partial charge in [0.15, 0.2) is 11.9 Å². The molecule has 0 spiro atoms. The molecule has 3 unspecified atom stereocenters. The molecule has 0 bridgehead atoms. The van der Waals surface area contributed by atoms with E-state index in [0.29, 0.717) is 49.4 Å². The Labute approximate surface area is 690 Å². The fourth-order valence-corrected chi connectivity index (χ4v) is 15.1. The first-order chi connectivity index (χ1) is 54.1. The van der Waals surface area contributed by atoms with Gasteiger partial charge in [-0.2, -0.15) is 10.1 Å². The average Bonchev–Trinajstić information content (AvgIpc) is 1.69. The van der Waals surface area contributed by atoms with Gasteiger partial charge in [0.25, 0.3) is 5.91 Å². The number of hydrogen-bond donors (Lipinski definition) is 11. The number of para-hydroxylation sites is 1. The summed E-state index contributed by atoms with van der Waals surface area (Å²) < 4.78 is 11.9. The summed E-state index contributed by atoms with van der Waals surface area (Å²) in [6.07, 6.45) is 16.3. The number of halogens is 5. The lowest BCUT2D eigenvalue weighted by Crippen LogP contribution is -2.45. The number of primary amides is 1. The number of pyridine rings is 2. The zero-order valence-electron chi connectivity index (χ0n) is 65.1. The van der Waals surface area contributed by atoms with Crippen LogP contribution >= 0.6 is 69.8 Å². The monoisotopic (exact) mass is 1660 g/mol. The van der Waals surface area contributed by atoms with Gasteiger partial charge in [-0.05, 0) is 215 Å². The highest BCUT2D eigenvalue weighted by Gasteiger charge is 2.44. The molecule has 0 radical (unpaired) electrons. The van der Waals surface area contributed by atoms with Crippen molar-refractivity contribution in [2.75, 3.05) is 75.2 Å². The lowest BCUT2D eigenvalue weighted by atomic mass is 9.93. The van der Waals surface area contributed by atoms with E-state index in [1.165, 1.54) is 47.3 Å². The minimum atomic E-state index is -1.21. The van der Waals surface area contributed by atoms with Crippen molar-refractivity contribution < 1.29 is 29.6 Å². The maximum atomic E-state index is 11.0. The van der Waals surface area contributed by atoms with Gasteiger partial charge < -0.3 is 84.5 Å². The van der Waals surface area contributed by atoms with E-state index >= 15 is 0 Å².